The largest absolute Gasteiger partial charge is 0.504 e. The van der Waals surface area contributed by atoms with Gasteiger partial charge in [-0.05, 0) is 76.3 Å². The van der Waals surface area contributed by atoms with Crippen LogP contribution in [0.2, 0.25) is 0 Å². The van der Waals surface area contributed by atoms with Gasteiger partial charge >= 0.3 is 23.9 Å². The standard InChI is InChI=1S/C75H62O25/c76-52-26-47(27-53(77)63(52)90-36-42-16-6-1-7-17-42)71(86)95-41-62-68(96-51-34-60(84)67(61(85)35-51)94-40-46-24-14-5-15-25-46)69(98-72(87)48-28-54(78)64(55(79)29-48)91-37-43-18-8-2-9-19-43)70(99-73(88)49-30-56(80)65(57(81)31-49)92-38-44-20-10-3-11-21-44)75(97-62)100-74(89)50-32-58(82)66(59(83)33-50)93-39-45-22-12-4-13-23-45/h1-35,62,68-70,75-85H,36-41H2/t62-,68-,69+,70-,75+/m1/s1. The smallest absolute Gasteiger partial charge is 0.340 e. The first-order chi connectivity index (χ1) is 48.3. The normalized spacial score (nSPS) is 15.5. The van der Waals surface area contributed by atoms with Crippen molar-refractivity contribution in [2.75, 3.05) is 6.61 Å². The van der Waals surface area contributed by atoms with E-state index in [1.54, 1.807) is 152 Å². The van der Waals surface area contributed by atoms with Crippen LogP contribution in [0.5, 0.6) is 92.0 Å². The zero-order valence-electron chi connectivity index (χ0n) is 52.4. The zero-order valence-corrected chi connectivity index (χ0v) is 52.4. The van der Waals surface area contributed by atoms with Crippen LogP contribution in [-0.2, 0) is 56.7 Å². The predicted molar refractivity (Wildman–Crippen MR) is 350 cm³/mol. The molecule has 0 bridgehead atoms. The molecule has 0 aliphatic carbocycles. The molecule has 5 atom stereocenters. The first-order valence-electron chi connectivity index (χ1n) is 30.6. The number of benzene rings is 10. The molecule has 10 N–H and O–H groups in total. The number of hydrogen-bond donors (Lipinski definition) is 10. The van der Waals surface area contributed by atoms with Crippen molar-refractivity contribution in [1.82, 2.24) is 0 Å². The first-order valence-corrected chi connectivity index (χ1v) is 30.6. The van der Waals surface area contributed by atoms with E-state index < -0.39 is 175 Å². The van der Waals surface area contributed by atoms with Gasteiger partial charge in [-0.25, -0.2) is 19.2 Å². The number of ether oxygens (including phenoxy) is 11. The van der Waals surface area contributed by atoms with Crippen LogP contribution >= 0.6 is 0 Å². The molecule has 512 valence electrons. The summed E-state index contributed by atoms with van der Waals surface area (Å²) in [7, 11) is 0. The Labute approximate surface area is 568 Å². The third kappa shape index (κ3) is 16.7. The molecule has 100 heavy (non-hydrogen) atoms. The van der Waals surface area contributed by atoms with E-state index in [2.05, 4.69) is 0 Å². The molecule has 11 rings (SSSR count). The van der Waals surface area contributed by atoms with Crippen molar-refractivity contribution in [2.45, 2.75) is 63.7 Å². The van der Waals surface area contributed by atoms with Gasteiger partial charge in [-0.2, -0.15) is 0 Å². The summed E-state index contributed by atoms with van der Waals surface area (Å²) in [5, 5.41) is 113. The molecule has 25 nitrogen and oxygen atoms in total. The molecule has 0 spiro atoms. The number of rotatable bonds is 26. The number of phenolic OH excluding ortho intramolecular Hbond substituents is 10. The maximum Gasteiger partial charge on any atom is 0.340 e. The Morgan fingerprint density at radius 1 is 0.300 bits per heavy atom. The van der Waals surface area contributed by atoms with Crippen LogP contribution in [-0.4, -0.2) is 112 Å². The van der Waals surface area contributed by atoms with Crippen LogP contribution in [0.3, 0.4) is 0 Å². The number of phenols is 10. The molecule has 0 amide bonds. The van der Waals surface area contributed by atoms with Crippen LogP contribution in [0, 0.1) is 0 Å². The van der Waals surface area contributed by atoms with E-state index in [1.807, 2.05) is 0 Å². The van der Waals surface area contributed by atoms with Crippen molar-refractivity contribution in [3.63, 3.8) is 0 Å². The number of esters is 4. The van der Waals surface area contributed by atoms with Crippen molar-refractivity contribution >= 4 is 23.9 Å². The first kappa shape index (κ1) is 68.2. The fraction of sp³-hybridized carbons (Fsp3) is 0.147. The summed E-state index contributed by atoms with van der Waals surface area (Å²) >= 11 is 0. The summed E-state index contributed by atoms with van der Waals surface area (Å²) in [6.07, 6.45) is -11.3. The highest BCUT2D eigenvalue weighted by molar-refractivity contribution is 5.94. The molecular weight excluding hydrogens is 1300 g/mol. The Balaban J connectivity index is 1.00. The van der Waals surface area contributed by atoms with Gasteiger partial charge < -0.3 is 103 Å². The molecular formula is C75H62O25. The topological polar surface area (TPSA) is 372 Å². The van der Waals surface area contributed by atoms with Gasteiger partial charge in [0.1, 0.15) is 51.5 Å². The second-order valence-corrected chi connectivity index (χ2v) is 22.4. The van der Waals surface area contributed by atoms with E-state index >= 15 is 4.79 Å². The third-order valence-corrected chi connectivity index (χ3v) is 15.2. The molecule has 0 aromatic heterocycles. The molecule has 25 heteroatoms. The average Bonchev–Trinajstić information content (AvgIpc) is 0.784. The minimum Gasteiger partial charge on any atom is -0.504 e. The number of carbonyl (C=O) groups excluding carboxylic acids is 4. The van der Waals surface area contributed by atoms with Crippen LogP contribution in [0.4, 0.5) is 0 Å². The Morgan fingerprint density at radius 2 is 0.550 bits per heavy atom. The third-order valence-electron chi connectivity index (χ3n) is 15.2. The number of hydrogen-bond acceptors (Lipinski definition) is 25. The van der Waals surface area contributed by atoms with Gasteiger partial charge in [-0.3, -0.25) is 0 Å². The number of aromatic hydroxyl groups is 10. The van der Waals surface area contributed by atoms with Crippen LogP contribution in [0.15, 0.2) is 212 Å². The molecule has 0 saturated carbocycles. The molecule has 1 aliphatic heterocycles. The summed E-state index contributed by atoms with van der Waals surface area (Å²) in [6.45, 7) is -1.86. The molecule has 10 aromatic carbocycles. The van der Waals surface area contributed by atoms with E-state index in [4.69, 9.17) is 52.1 Å². The van der Waals surface area contributed by atoms with Crippen molar-refractivity contribution in [3.8, 4) is 92.0 Å². The van der Waals surface area contributed by atoms with Crippen molar-refractivity contribution < 1.29 is 122 Å². The summed E-state index contributed by atoms with van der Waals surface area (Å²) in [6, 6.07) is 51.9. The van der Waals surface area contributed by atoms with Gasteiger partial charge in [-0.15, -0.1) is 0 Å². The highest BCUT2D eigenvalue weighted by Crippen LogP contribution is 2.45. The Morgan fingerprint density at radius 3 is 0.840 bits per heavy atom. The van der Waals surface area contributed by atoms with Gasteiger partial charge in [0.15, 0.2) is 69.7 Å². The Kier molecular flexibility index (Phi) is 21.3. The Hall–Kier alpha value is -13.2. The highest BCUT2D eigenvalue weighted by Gasteiger charge is 2.55. The van der Waals surface area contributed by atoms with Crippen LogP contribution in [0.25, 0.3) is 0 Å². The lowest BCUT2D eigenvalue weighted by Gasteiger charge is -2.44. The fourth-order valence-corrected chi connectivity index (χ4v) is 10.4. The molecule has 10 aromatic rings. The van der Waals surface area contributed by atoms with E-state index in [0.29, 0.717) is 27.8 Å². The van der Waals surface area contributed by atoms with Gasteiger partial charge in [0.25, 0.3) is 0 Å². The number of carbonyl (C=O) groups is 4. The second kappa shape index (κ2) is 31.1. The molecule has 1 heterocycles. The predicted octanol–water partition coefficient (Wildman–Crippen LogP) is 11.3. The molecule has 0 unspecified atom stereocenters. The highest BCUT2D eigenvalue weighted by atomic mass is 16.7. The van der Waals surface area contributed by atoms with E-state index in [1.165, 1.54) is 0 Å². The monoisotopic (exact) mass is 1360 g/mol. The summed E-state index contributed by atoms with van der Waals surface area (Å²) in [5.74, 6) is -16.2. The van der Waals surface area contributed by atoms with Crippen molar-refractivity contribution in [2.24, 2.45) is 0 Å². The Bertz CT molecular complexity index is 4420. The lowest BCUT2D eigenvalue weighted by molar-refractivity contribution is -0.279. The maximum absolute atomic E-state index is 15.0. The quantitative estimate of drug-likeness (QED) is 0.0178. The lowest BCUT2D eigenvalue weighted by atomic mass is 9.97. The van der Waals surface area contributed by atoms with Gasteiger partial charge in [0.2, 0.25) is 41.1 Å². The lowest BCUT2D eigenvalue weighted by Crippen LogP contribution is -2.64. The zero-order chi connectivity index (χ0) is 70.4. The van der Waals surface area contributed by atoms with E-state index in [0.717, 1.165) is 60.7 Å². The molecule has 1 aliphatic rings. The van der Waals surface area contributed by atoms with Gasteiger partial charge in [-0.1, -0.05) is 152 Å². The molecule has 1 saturated heterocycles. The second-order valence-electron chi connectivity index (χ2n) is 22.4. The van der Waals surface area contributed by atoms with Crippen molar-refractivity contribution in [1.29, 1.82) is 0 Å². The fourth-order valence-electron chi connectivity index (χ4n) is 10.4. The van der Waals surface area contributed by atoms with Gasteiger partial charge in [0, 0.05) is 12.1 Å². The van der Waals surface area contributed by atoms with Crippen LogP contribution in [0.1, 0.15) is 69.2 Å². The SMILES string of the molecule is O=C(OC[C@H]1O[C@@H](OC(=O)c2cc(O)c(OCc3ccccc3)c(O)c2)[C@H](OC(=O)c2cc(O)c(OCc3ccccc3)c(O)c2)[C@@H](OC(=O)c2cc(O)c(OCc3ccccc3)c(O)c2)[C@@H]1Oc1cc(O)c(OCc2ccccc2)c(O)c1)c1cc(O)c(OCc2ccccc2)c(O)c1. The summed E-state index contributed by atoms with van der Waals surface area (Å²) in [4.78, 5) is 58.8. The minimum atomic E-state index is -2.45. The van der Waals surface area contributed by atoms with E-state index in [9.17, 15) is 65.4 Å². The van der Waals surface area contributed by atoms with Crippen LogP contribution < -0.4 is 28.4 Å². The van der Waals surface area contributed by atoms with E-state index in [-0.39, 0.29) is 33.0 Å². The van der Waals surface area contributed by atoms with Gasteiger partial charge in [0.05, 0.1) is 22.3 Å². The maximum atomic E-state index is 15.0. The molecule has 1 fully saturated rings. The molecule has 0 radical (unpaired) electrons. The average molecular weight is 1360 g/mol. The van der Waals surface area contributed by atoms with Crippen molar-refractivity contribution in [3.05, 3.63) is 262 Å². The summed E-state index contributed by atoms with van der Waals surface area (Å²) in [5.41, 5.74) is 0.765. The summed E-state index contributed by atoms with van der Waals surface area (Å²) < 4.78 is 65.5. The minimum absolute atomic E-state index is 0.117.